The van der Waals surface area contributed by atoms with Crippen LogP contribution >= 0.6 is 10.5 Å². The minimum atomic E-state index is -2.83. The third kappa shape index (κ3) is 6.57. The molecule has 5 aliphatic heterocycles. The smallest absolute Gasteiger partial charge is 0.273 e. The Balaban J connectivity index is 1.28. The minimum Gasteiger partial charge on any atom is -0.368 e. The van der Waals surface area contributed by atoms with Crippen molar-refractivity contribution in [3.05, 3.63) is 65.3 Å². The van der Waals surface area contributed by atoms with E-state index in [1.807, 2.05) is 6.07 Å². The quantitative estimate of drug-likeness (QED) is 0.378. The Kier molecular flexibility index (Phi) is 8.96. The Hall–Kier alpha value is -2.78. The first-order chi connectivity index (χ1) is 20.4. The molecule has 0 aliphatic carbocycles. The van der Waals surface area contributed by atoms with Crippen molar-refractivity contribution in [1.29, 1.82) is 0 Å². The van der Waals surface area contributed by atoms with Gasteiger partial charge >= 0.3 is 0 Å². The molecule has 5 aliphatic rings. The van der Waals surface area contributed by atoms with Crippen LogP contribution in [-0.2, 0) is 12.5 Å². The Morgan fingerprint density at radius 2 is 1.69 bits per heavy atom. The summed E-state index contributed by atoms with van der Waals surface area (Å²) in [5.74, 6) is 5.29. The number of hydrogen-bond acceptors (Lipinski definition) is 6. The molecule has 2 saturated heterocycles. The summed E-state index contributed by atoms with van der Waals surface area (Å²) in [6.07, 6.45) is 10.7. The molecule has 226 valence electrons. The van der Waals surface area contributed by atoms with E-state index >= 15 is 8.78 Å². The highest BCUT2D eigenvalue weighted by Gasteiger charge is 2.39. The van der Waals surface area contributed by atoms with E-state index in [0.717, 1.165) is 97.8 Å². The fraction of sp³-hybridized carbons (Fsp3) is 0.545. The number of benzene rings is 1. The Bertz CT molecular complexity index is 1330. The summed E-state index contributed by atoms with van der Waals surface area (Å²) < 4.78 is 30.7. The fourth-order valence-electron chi connectivity index (χ4n) is 6.69. The molecule has 0 atom stereocenters. The van der Waals surface area contributed by atoms with Gasteiger partial charge in [0, 0.05) is 62.8 Å². The maximum absolute atomic E-state index is 15.4. The van der Waals surface area contributed by atoms with Gasteiger partial charge in [0.1, 0.15) is 18.0 Å². The van der Waals surface area contributed by atoms with Gasteiger partial charge in [-0.25, -0.2) is 18.7 Å². The summed E-state index contributed by atoms with van der Waals surface area (Å²) in [6.45, 7) is 10.4. The van der Waals surface area contributed by atoms with Crippen molar-refractivity contribution in [3.8, 4) is 0 Å². The number of anilines is 2. The van der Waals surface area contributed by atoms with Gasteiger partial charge in [0.15, 0.2) is 0 Å². The van der Waals surface area contributed by atoms with Gasteiger partial charge in [-0.2, -0.15) is 10.5 Å². The zero-order chi connectivity index (χ0) is 29.1. The molecule has 0 spiro atoms. The van der Waals surface area contributed by atoms with E-state index in [0.29, 0.717) is 6.54 Å². The lowest BCUT2D eigenvalue weighted by Gasteiger charge is -2.41. The Labute approximate surface area is 251 Å². The van der Waals surface area contributed by atoms with Crippen molar-refractivity contribution in [3.63, 3.8) is 0 Å². The number of nitrogens with one attached hydrogen (secondary N) is 1. The minimum absolute atomic E-state index is 0.0608. The maximum atomic E-state index is 15.4. The zero-order valence-electron chi connectivity index (χ0n) is 24.7. The van der Waals surface area contributed by atoms with Gasteiger partial charge < -0.3 is 20.0 Å². The van der Waals surface area contributed by atoms with Gasteiger partial charge in [0.05, 0.1) is 17.0 Å². The van der Waals surface area contributed by atoms with Crippen molar-refractivity contribution in [1.82, 2.24) is 19.8 Å². The lowest BCUT2D eigenvalue weighted by molar-refractivity contribution is -0.0568. The summed E-state index contributed by atoms with van der Waals surface area (Å²) in [5.41, 5.74) is 3.98. The normalized spacial score (nSPS) is 25.8. The van der Waals surface area contributed by atoms with E-state index in [9.17, 15) is 0 Å². The van der Waals surface area contributed by atoms with Gasteiger partial charge in [-0.1, -0.05) is 56.3 Å². The van der Waals surface area contributed by atoms with Crippen LogP contribution in [0.15, 0.2) is 48.6 Å². The maximum Gasteiger partial charge on any atom is 0.273 e. The zero-order valence-corrected chi connectivity index (χ0v) is 25.5. The van der Waals surface area contributed by atoms with Crippen LogP contribution in [0.4, 0.5) is 20.4 Å². The molecule has 0 unspecified atom stereocenters. The van der Waals surface area contributed by atoms with E-state index in [2.05, 4.69) is 43.5 Å². The Morgan fingerprint density at radius 1 is 0.952 bits per heavy atom. The monoisotopic (exact) mass is 594 g/mol. The highest BCUT2D eigenvalue weighted by atomic mass is 32.2. The lowest BCUT2D eigenvalue weighted by Crippen LogP contribution is -2.48. The molecule has 0 saturated carbocycles. The molecule has 6 nitrogen and oxygen atoms in total. The topological polar surface area (TPSA) is 47.5 Å². The first-order valence-corrected chi connectivity index (χ1v) is 17.3. The van der Waals surface area contributed by atoms with Crippen LogP contribution in [0.3, 0.4) is 0 Å². The summed E-state index contributed by atoms with van der Waals surface area (Å²) in [7, 11) is 0.220. The van der Waals surface area contributed by atoms with Gasteiger partial charge in [-0.05, 0) is 43.0 Å². The molecule has 2 aromatic rings. The first-order valence-electron chi connectivity index (χ1n) is 15.6. The summed E-state index contributed by atoms with van der Waals surface area (Å²) >= 11 is 0. The largest absolute Gasteiger partial charge is 0.368 e. The Morgan fingerprint density at radius 3 is 2.48 bits per heavy atom. The van der Waals surface area contributed by atoms with E-state index in [-0.39, 0.29) is 28.4 Å². The number of nitrogens with zero attached hydrogens (tertiary/aromatic N) is 5. The van der Waals surface area contributed by atoms with Crippen LogP contribution in [0.5, 0.6) is 0 Å². The van der Waals surface area contributed by atoms with E-state index in [4.69, 9.17) is 4.98 Å². The van der Waals surface area contributed by atoms with Crippen LogP contribution in [-0.4, -0.2) is 76.4 Å². The van der Waals surface area contributed by atoms with Gasteiger partial charge in [-0.3, -0.25) is 0 Å². The number of fused-ring (bicyclic) bond motifs is 9. The molecule has 1 aromatic carbocycles. The van der Waals surface area contributed by atoms with Gasteiger partial charge in [0.2, 0.25) is 0 Å². The predicted molar refractivity (Wildman–Crippen MR) is 172 cm³/mol. The fourth-order valence-corrected chi connectivity index (χ4v) is 7.85. The second kappa shape index (κ2) is 12.8. The van der Waals surface area contributed by atoms with Crippen molar-refractivity contribution in [2.45, 2.75) is 57.4 Å². The number of alkyl halides is 2. The molecule has 1 aromatic heterocycles. The number of rotatable bonds is 1. The van der Waals surface area contributed by atoms with Crippen LogP contribution < -0.4 is 10.2 Å². The molecule has 0 amide bonds. The molecule has 42 heavy (non-hydrogen) atoms. The lowest BCUT2D eigenvalue weighted by atomic mass is 9.89. The highest BCUT2D eigenvalue weighted by Crippen LogP contribution is 2.40. The molecule has 0 radical (unpaired) electrons. The molecule has 6 heterocycles. The number of halogens is 2. The van der Waals surface area contributed by atoms with Crippen LogP contribution in [0.25, 0.3) is 6.08 Å². The van der Waals surface area contributed by atoms with Crippen LogP contribution in [0, 0.1) is 5.92 Å². The third-order valence-electron chi connectivity index (χ3n) is 9.15. The molecule has 2 fully saturated rings. The standard InChI is InChI=1S/C33H44F2N6S/c1-25-30(40-14-16-42(2)17-15-40)19-29-31-36-21-26-10-9-11-28(18-26)33(34,35)20-27-22-39(23-27)12-7-5-3-4-6-8-13-41(25)32(29)38-24-37-31/h9-11,18-19,24,27H,1-8,12-17,20-23H2,(H,36,37,38). The summed E-state index contributed by atoms with van der Waals surface area (Å²) in [6, 6.07) is 6.88. The van der Waals surface area contributed by atoms with E-state index < -0.39 is 5.92 Å². The number of aromatic nitrogens is 2. The highest BCUT2D eigenvalue weighted by molar-refractivity contribution is 8.14. The third-order valence-corrected chi connectivity index (χ3v) is 10.7. The van der Waals surface area contributed by atoms with Crippen LogP contribution in [0.1, 0.15) is 61.6 Å². The van der Waals surface area contributed by atoms with Crippen molar-refractivity contribution < 1.29 is 8.78 Å². The molecule has 1 N–H and O–H groups in total. The molecule has 7 rings (SSSR count). The molecule has 8 bridgehead atoms. The van der Waals surface area contributed by atoms with Gasteiger partial charge in [-0.15, -0.1) is 0 Å². The van der Waals surface area contributed by atoms with E-state index in [1.165, 1.54) is 25.7 Å². The van der Waals surface area contributed by atoms with Crippen molar-refractivity contribution in [2.24, 2.45) is 5.92 Å². The predicted octanol–water partition coefficient (Wildman–Crippen LogP) is 6.55. The summed E-state index contributed by atoms with van der Waals surface area (Å²) in [5, 5.41) is 3.46. The second-order valence-corrected chi connectivity index (χ2v) is 14.3. The summed E-state index contributed by atoms with van der Waals surface area (Å²) in [4.78, 5) is 16.4. The molecular weight excluding hydrogens is 550 g/mol. The number of hydrogen-bond donors (Lipinski definition) is 1. The van der Waals surface area contributed by atoms with Crippen LogP contribution in [0.2, 0.25) is 0 Å². The van der Waals surface area contributed by atoms with Crippen molar-refractivity contribution in [2.75, 3.05) is 61.0 Å². The van der Waals surface area contributed by atoms with E-state index in [1.54, 1.807) is 24.5 Å². The molecule has 9 heteroatoms. The SMILES string of the molecule is C=C1C(N2CCS(=C)CC2)=Cc2c3ncnc2N1CCCCCCCCN1CC(C1)CC(F)(F)c1cccc(c1)CN3. The van der Waals surface area contributed by atoms with Gasteiger partial charge in [0.25, 0.3) is 5.92 Å². The van der Waals surface area contributed by atoms with Crippen molar-refractivity contribution >= 4 is 34.1 Å². The first kappa shape index (κ1) is 29.3. The second-order valence-electron chi connectivity index (χ2n) is 12.3. The molecular formula is C33H44F2N6S. The average Bonchev–Trinajstić information content (AvgIpc) is 2.96. The average molecular weight is 595 g/mol.